The van der Waals surface area contributed by atoms with E-state index < -0.39 is 21.7 Å². The molecule has 0 saturated heterocycles. The molecule has 3 aromatic carbocycles. The van der Waals surface area contributed by atoms with Gasteiger partial charge in [0.05, 0.1) is 10.6 Å². The zero-order valence-electron chi connectivity index (χ0n) is 14.8. The summed E-state index contributed by atoms with van der Waals surface area (Å²) in [5.41, 5.74) is 1.02. The minimum Gasteiger partial charge on any atom is -0.322 e. The molecule has 144 valence electrons. The molecule has 0 radical (unpaired) electrons. The van der Waals surface area contributed by atoms with Crippen molar-refractivity contribution in [2.45, 2.75) is 4.90 Å². The van der Waals surface area contributed by atoms with E-state index in [0.29, 0.717) is 16.4 Å². The minimum absolute atomic E-state index is 0.0527. The van der Waals surface area contributed by atoms with Crippen LogP contribution in [0.3, 0.4) is 0 Å². The van der Waals surface area contributed by atoms with Crippen LogP contribution in [0.2, 0.25) is 5.02 Å². The largest absolute Gasteiger partial charge is 0.322 e. The monoisotopic (exact) mass is 418 g/mol. The molecule has 3 aromatic rings. The maximum Gasteiger partial charge on any atom is 0.264 e. The van der Waals surface area contributed by atoms with E-state index in [4.69, 9.17) is 11.6 Å². The summed E-state index contributed by atoms with van der Waals surface area (Å²) in [6.07, 6.45) is 0. The van der Waals surface area contributed by atoms with Gasteiger partial charge in [0.1, 0.15) is 5.82 Å². The minimum atomic E-state index is -3.93. The quantitative estimate of drug-likeness (QED) is 0.660. The number of rotatable bonds is 5. The van der Waals surface area contributed by atoms with Gasteiger partial charge < -0.3 is 5.32 Å². The number of amides is 1. The fourth-order valence-corrected chi connectivity index (χ4v) is 3.85. The molecule has 0 saturated carbocycles. The smallest absolute Gasteiger partial charge is 0.264 e. The van der Waals surface area contributed by atoms with Crippen molar-refractivity contribution in [3.8, 4) is 0 Å². The van der Waals surface area contributed by atoms with Crippen LogP contribution >= 0.6 is 11.6 Å². The van der Waals surface area contributed by atoms with Gasteiger partial charge in [-0.2, -0.15) is 0 Å². The molecule has 0 aliphatic rings. The lowest BCUT2D eigenvalue weighted by Crippen LogP contribution is -2.26. The topological polar surface area (TPSA) is 66.5 Å². The van der Waals surface area contributed by atoms with Crippen molar-refractivity contribution in [3.05, 3.63) is 89.2 Å². The predicted molar refractivity (Wildman–Crippen MR) is 108 cm³/mol. The van der Waals surface area contributed by atoms with Crippen LogP contribution in [-0.4, -0.2) is 21.4 Å². The second-order valence-electron chi connectivity index (χ2n) is 5.94. The molecule has 0 aliphatic carbocycles. The Bertz CT molecular complexity index is 1100. The lowest BCUT2D eigenvalue weighted by molar-refractivity contribution is 0.102. The zero-order chi connectivity index (χ0) is 20.3. The summed E-state index contributed by atoms with van der Waals surface area (Å²) in [4.78, 5) is 12.4. The molecule has 0 heterocycles. The van der Waals surface area contributed by atoms with E-state index in [2.05, 4.69) is 5.32 Å². The van der Waals surface area contributed by atoms with Gasteiger partial charge in [-0.15, -0.1) is 0 Å². The summed E-state index contributed by atoms with van der Waals surface area (Å²) in [7, 11) is -2.56. The van der Waals surface area contributed by atoms with E-state index >= 15 is 0 Å². The summed E-state index contributed by atoms with van der Waals surface area (Å²) >= 11 is 5.82. The van der Waals surface area contributed by atoms with E-state index in [-0.39, 0.29) is 10.5 Å². The lowest BCUT2D eigenvalue weighted by atomic mass is 10.2. The van der Waals surface area contributed by atoms with Crippen molar-refractivity contribution in [1.82, 2.24) is 0 Å². The van der Waals surface area contributed by atoms with E-state index in [9.17, 15) is 17.6 Å². The Morgan fingerprint density at radius 3 is 2.29 bits per heavy atom. The predicted octanol–water partition coefficient (Wildman–Crippen LogP) is 4.56. The number of anilines is 2. The van der Waals surface area contributed by atoms with Gasteiger partial charge in [0.25, 0.3) is 15.9 Å². The number of hydrogen-bond acceptors (Lipinski definition) is 3. The van der Waals surface area contributed by atoms with Crippen molar-refractivity contribution >= 4 is 38.9 Å². The van der Waals surface area contributed by atoms with E-state index in [1.54, 1.807) is 24.3 Å². The summed E-state index contributed by atoms with van der Waals surface area (Å²) in [5.74, 6) is -0.917. The Morgan fingerprint density at radius 2 is 1.64 bits per heavy atom. The maximum atomic E-state index is 13.1. The zero-order valence-corrected chi connectivity index (χ0v) is 16.3. The van der Waals surface area contributed by atoms with Crippen LogP contribution in [0.4, 0.5) is 15.8 Å². The van der Waals surface area contributed by atoms with Crippen LogP contribution in [0.1, 0.15) is 10.4 Å². The number of halogens is 2. The number of nitrogens with one attached hydrogen (secondary N) is 1. The van der Waals surface area contributed by atoms with Gasteiger partial charge in [-0.1, -0.05) is 17.7 Å². The highest BCUT2D eigenvalue weighted by atomic mass is 35.5. The van der Waals surface area contributed by atoms with Crippen molar-refractivity contribution in [2.75, 3.05) is 16.7 Å². The third-order valence-corrected chi connectivity index (χ3v) is 6.08. The Hall–Kier alpha value is -2.90. The van der Waals surface area contributed by atoms with Crippen LogP contribution in [0.25, 0.3) is 0 Å². The van der Waals surface area contributed by atoms with Gasteiger partial charge >= 0.3 is 0 Å². The van der Waals surface area contributed by atoms with Crippen molar-refractivity contribution < 1.29 is 17.6 Å². The van der Waals surface area contributed by atoms with Crippen LogP contribution in [-0.2, 0) is 10.0 Å². The van der Waals surface area contributed by atoms with Crippen LogP contribution in [0, 0.1) is 5.82 Å². The molecular weight excluding hydrogens is 403 g/mol. The number of hydrogen-bond donors (Lipinski definition) is 1. The molecule has 0 spiro atoms. The number of nitrogens with zero attached hydrogens (tertiary/aromatic N) is 1. The molecule has 1 N–H and O–H groups in total. The first-order valence-electron chi connectivity index (χ1n) is 8.19. The number of carbonyl (C=O) groups excluding carboxylic acids is 1. The van der Waals surface area contributed by atoms with Crippen molar-refractivity contribution in [2.24, 2.45) is 0 Å². The Morgan fingerprint density at radius 1 is 1.00 bits per heavy atom. The molecule has 3 rings (SSSR count). The van der Waals surface area contributed by atoms with Gasteiger partial charge in [-0.05, 0) is 66.7 Å². The van der Waals surface area contributed by atoms with Crippen LogP contribution < -0.4 is 9.62 Å². The van der Waals surface area contributed by atoms with Gasteiger partial charge in [0, 0.05) is 23.3 Å². The average molecular weight is 419 g/mol. The number of sulfonamides is 1. The Balaban J connectivity index is 1.86. The first kappa shape index (κ1) is 19.9. The molecule has 0 bridgehead atoms. The van der Waals surface area contributed by atoms with Gasteiger partial charge in [-0.25, -0.2) is 12.8 Å². The Labute approximate surface area is 167 Å². The molecule has 0 aromatic heterocycles. The number of carbonyl (C=O) groups is 1. The first-order chi connectivity index (χ1) is 13.3. The molecular formula is C20H16ClFN2O3S. The average Bonchev–Trinajstić information content (AvgIpc) is 2.70. The third kappa shape index (κ3) is 4.32. The standard InChI is InChI=1S/C20H16ClFN2O3S/c1-24(18-11-7-16(22)8-12-18)28(26,27)19-4-2-3-14(13-19)20(25)23-17-9-5-15(21)6-10-17/h2-13H,1H3,(H,23,25). The van der Waals surface area contributed by atoms with E-state index in [1.807, 2.05) is 0 Å². The second-order valence-corrected chi connectivity index (χ2v) is 8.34. The molecule has 0 unspecified atom stereocenters. The van der Waals surface area contributed by atoms with Crippen molar-refractivity contribution in [3.63, 3.8) is 0 Å². The highest BCUT2D eigenvalue weighted by molar-refractivity contribution is 7.92. The third-order valence-electron chi connectivity index (χ3n) is 4.05. The maximum absolute atomic E-state index is 13.1. The normalized spacial score (nSPS) is 11.1. The number of benzene rings is 3. The lowest BCUT2D eigenvalue weighted by Gasteiger charge is -2.19. The van der Waals surface area contributed by atoms with E-state index in [1.165, 1.54) is 55.6 Å². The fourth-order valence-electron chi connectivity index (χ4n) is 2.48. The molecule has 8 heteroatoms. The molecule has 5 nitrogen and oxygen atoms in total. The molecule has 0 aliphatic heterocycles. The molecule has 28 heavy (non-hydrogen) atoms. The summed E-state index contributed by atoms with van der Waals surface area (Å²) in [6.45, 7) is 0. The Kier molecular flexibility index (Phi) is 5.67. The first-order valence-corrected chi connectivity index (χ1v) is 10.0. The molecule has 0 fully saturated rings. The molecule has 1 amide bonds. The van der Waals surface area contributed by atoms with Crippen molar-refractivity contribution in [1.29, 1.82) is 0 Å². The highest BCUT2D eigenvalue weighted by Gasteiger charge is 2.22. The van der Waals surface area contributed by atoms with Gasteiger partial charge in [-0.3, -0.25) is 9.10 Å². The molecule has 0 atom stereocenters. The summed E-state index contributed by atoms with van der Waals surface area (Å²) in [6, 6.07) is 17.3. The van der Waals surface area contributed by atoms with Crippen LogP contribution in [0.5, 0.6) is 0 Å². The van der Waals surface area contributed by atoms with Gasteiger partial charge in [0.15, 0.2) is 0 Å². The van der Waals surface area contributed by atoms with Gasteiger partial charge in [0.2, 0.25) is 0 Å². The van der Waals surface area contributed by atoms with Crippen LogP contribution in [0.15, 0.2) is 77.7 Å². The SMILES string of the molecule is CN(c1ccc(F)cc1)S(=O)(=O)c1cccc(C(=O)Nc2ccc(Cl)cc2)c1. The second kappa shape index (κ2) is 8.00. The fraction of sp³-hybridized carbons (Fsp3) is 0.0500. The van der Waals surface area contributed by atoms with E-state index in [0.717, 1.165) is 4.31 Å². The highest BCUT2D eigenvalue weighted by Crippen LogP contribution is 2.23. The summed E-state index contributed by atoms with van der Waals surface area (Å²) in [5, 5.41) is 3.22. The summed E-state index contributed by atoms with van der Waals surface area (Å²) < 4.78 is 39.9.